The maximum absolute atomic E-state index is 9.17. The van der Waals surface area contributed by atoms with E-state index >= 15 is 0 Å². The number of nitrogens with one attached hydrogen (secondary N) is 1. The van der Waals surface area contributed by atoms with Gasteiger partial charge in [-0.3, -0.25) is 5.10 Å². The predicted molar refractivity (Wildman–Crippen MR) is 504 cm³/mol. The number of benzene rings is 10. The van der Waals surface area contributed by atoms with Crippen LogP contribution in [0.4, 0.5) is 11.4 Å². The van der Waals surface area contributed by atoms with E-state index < -0.39 is 31.3 Å². The van der Waals surface area contributed by atoms with Crippen molar-refractivity contribution in [2.75, 3.05) is 52.3 Å². The van der Waals surface area contributed by atoms with Gasteiger partial charge in [0.05, 0.1) is 79.1 Å². The fourth-order valence-electron chi connectivity index (χ4n) is 12.8. The van der Waals surface area contributed by atoms with Crippen LogP contribution in [0.2, 0.25) is 0 Å². The normalized spacial score (nSPS) is 12.7. The standard InChI is InChI=1S/2C18H15P.C13H13N7.C13H12N7.C11H7N7.C10H22N2.C7H3Br2N.C2H3N3.2Ag.2ClH.2HI.O.2Os/c2*1-4-10-16(11-5-1)19(17-12-6-2-7-13-17)18-14-8-3-9-15-18;2*1-17-7-15-19(9-17)12-3-11(6-14)4-13(5-12)20-10-18(2)8-16-20;12-4-9-1-10(17-7-13-5-15-17)3-11(2-9)18-8-14-6-16-18;1-11(2)9-7-5-6-8-10(9)12(3)4;8-6-1-5(4-10)2-7(9)3-6;1-3-2-5-4-1;;;;;;;;;/h2*1-15H;3-5,7-10H,1-2H3;3-4,7-10H,1-2H3;1-3,5-8H;9-10H,5-8H2,1-4H3;1-3H;1-2H,(H,3,4,5);;;4*1H;;;/q;;+2;-3;;;;;;;;;;;;;+2/p-4/t;;;;;9-,10?;;;;;;;;;;;/m.....1.........../s1. The molecule has 7 heterocycles. The van der Waals surface area contributed by atoms with Gasteiger partial charge in [-0.1, -0.05) is 253 Å². The van der Waals surface area contributed by atoms with Gasteiger partial charge in [0, 0.05) is 79.5 Å². The Morgan fingerprint density at radius 2 is 0.773 bits per heavy atom. The van der Waals surface area contributed by atoms with Crippen molar-refractivity contribution in [2.45, 2.75) is 37.8 Å². The zero-order chi connectivity index (χ0) is 91.4. The first-order valence-electron chi connectivity index (χ1n) is 39.1. The third kappa shape index (κ3) is 36.8. The number of rotatable bonds is 14. The van der Waals surface area contributed by atoms with Crippen LogP contribution in [0.25, 0.3) is 22.7 Å². The van der Waals surface area contributed by atoms with Crippen molar-refractivity contribution in [2.24, 2.45) is 24.3 Å². The molecular weight excluding hydrogens is 2640 g/mol. The maximum atomic E-state index is 9.17. The van der Waals surface area contributed by atoms with E-state index in [4.69, 9.17) is 38.3 Å². The number of hydrazone groups is 2. The second-order valence-electron chi connectivity index (χ2n) is 28.1. The zero-order valence-corrected chi connectivity index (χ0v) is 91.1. The van der Waals surface area contributed by atoms with E-state index in [0.717, 1.165) is 43.8 Å². The van der Waals surface area contributed by atoms with Crippen LogP contribution >= 0.6 is 67.0 Å². The molecule has 1 saturated carbocycles. The summed E-state index contributed by atoms with van der Waals surface area (Å²) in [5, 5.41) is 78.5. The van der Waals surface area contributed by atoms with Gasteiger partial charge in [0.1, 0.15) is 49.3 Å². The van der Waals surface area contributed by atoms with Gasteiger partial charge in [-0.25, -0.2) is 33.4 Å². The van der Waals surface area contributed by atoms with Crippen LogP contribution in [-0.2, 0) is 96.0 Å². The first-order valence-corrected chi connectivity index (χ1v) is 50.3. The number of halogens is 6. The number of aryl methyl sites for hydroxylation is 2. The molecule has 0 amide bonds. The Balaban J connectivity index is 0.000000268. The van der Waals surface area contributed by atoms with E-state index in [0.29, 0.717) is 33.6 Å². The summed E-state index contributed by atoms with van der Waals surface area (Å²) in [4.78, 5) is 19.7. The number of likely N-dealkylation sites (N-methyl/N-ethyl adjacent to an activating group) is 2. The van der Waals surface area contributed by atoms with Gasteiger partial charge < -0.3 is 77.6 Å². The Hall–Kier alpha value is -9.27. The molecule has 1 radical (unpaired) electrons. The average molecular weight is 2730 g/mol. The van der Waals surface area contributed by atoms with Crippen LogP contribution in [0.5, 0.6) is 0 Å². The molecule has 3 aliphatic rings. The molecule has 2 aliphatic heterocycles. The Kier molecular flexibility index (Phi) is 53.5. The molecule has 692 valence electrons. The second-order valence-corrected chi connectivity index (χ2v) is 38.0. The quantitative estimate of drug-likeness (QED) is 0.0358. The van der Waals surface area contributed by atoms with E-state index in [1.165, 1.54) is 82.8 Å². The van der Waals surface area contributed by atoms with Gasteiger partial charge in [0.25, 0.3) is 12.7 Å². The van der Waals surface area contributed by atoms with Crippen LogP contribution in [0.3, 0.4) is 0 Å². The molecule has 40 heteroatoms. The van der Waals surface area contributed by atoms with Crippen LogP contribution in [0.15, 0.2) is 331 Å². The van der Waals surface area contributed by atoms with Crippen molar-refractivity contribution in [1.82, 2.24) is 83.9 Å². The molecular formula is C92H90Ag2Br2Cl2I2N27OOs2P2-3. The zero-order valence-electron chi connectivity index (χ0n) is 72.2. The number of hydrogen-bond acceptors (Lipinski definition) is 21. The molecule has 1 unspecified atom stereocenters. The van der Waals surface area contributed by atoms with E-state index in [-0.39, 0.29) is 90.1 Å². The average Bonchev–Trinajstić information content (AvgIpc) is 1.47. The third-order valence-corrected chi connectivity index (χ3v) is 24.3. The van der Waals surface area contributed by atoms with Crippen LogP contribution in [-0.4, -0.2) is 151 Å². The largest absolute Gasteiger partial charge is 0.266 e. The van der Waals surface area contributed by atoms with E-state index in [2.05, 4.69) is 332 Å². The Morgan fingerprint density at radius 1 is 0.470 bits per heavy atom. The second kappa shape index (κ2) is 62.3. The molecule has 1 N–H and O–H groups in total. The van der Waals surface area contributed by atoms with Crippen molar-refractivity contribution in [3.05, 3.63) is 363 Å². The Bertz CT molecular complexity index is 5530. The maximum Gasteiger partial charge on any atom is 0.137 e. The van der Waals surface area contributed by atoms with Gasteiger partial charge in [0.15, 0.2) is 0 Å². The number of nitrogens with zero attached hydrogens (tertiary/aromatic N) is 26. The molecule has 5 aromatic heterocycles. The van der Waals surface area contributed by atoms with E-state index in [1.54, 1.807) is 150 Å². The number of anilines is 2. The van der Waals surface area contributed by atoms with Gasteiger partial charge in [0.2, 0.25) is 12.7 Å². The SMILES string of the molecule is CN(C)C1CCCC[C@H]1N(C)C.CN1C=NN(c2[c-]c(N3[CH-]N(C)C=N3)cc(C#N)c2)[CH-]1.C[n+]1cnn(-c2cc(C#N)cc(-n3c[n+](C)cn3)c2)c1.N#Cc1cc(-n2cncn2)cc(-n2cncn2)c1.N#Cc1cc(Br)cc(Br)c1.[Ag].[Cl][Os][Cl].[I-].[I-].[O]=[Ag].[Os].c1ccc(P(c2ccccc2)c2ccccc2)cc1.c1ccc(P(c2ccccc2)c2ccccc2)cc1.c1nc[nH]n1. The minimum absolute atomic E-state index is 0. The molecule has 1 fully saturated rings. The van der Waals surface area contributed by atoms with E-state index in [9.17, 15) is 5.26 Å². The summed E-state index contributed by atoms with van der Waals surface area (Å²) in [7, 11) is 25.3. The number of aromatic amines is 1. The molecule has 10 aromatic carbocycles. The minimum atomic E-state index is -0.639. The summed E-state index contributed by atoms with van der Waals surface area (Å²) >= 11 is 7.61. The molecule has 132 heavy (non-hydrogen) atoms. The van der Waals surface area contributed by atoms with Gasteiger partial charge in [-0.2, -0.15) is 46.5 Å². The third-order valence-electron chi connectivity index (χ3n) is 18.5. The number of hydrogen-bond donors (Lipinski definition) is 1. The van der Waals surface area contributed by atoms with Crippen molar-refractivity contribution in [3.63, 3.8) is 0 Å². The molecule has 0 spiro atoms. The number of nitriles is 4. The predicted octanol–water partition coefficient (Wildman–Crippen LogP) is 7.74. The number of H-pyrrole nitrogens is 1. The van der Waals surface area contributed by atoms with Gasteiger partial charge in [-0.05, 0) is 151 Å². The van der Waals surface area contributed by atoms with Crippen LogP contribution < -0.4 is 98.9 Å². The van der Waals surface area contributed by atoms with Crippen LogP contribution in [0.1, 0.15) is 47.9 Å². The molecule has 15 aromatic rings. The summed E-state index contributed by atoms with van der Waals surface area (Å²) < 4.78 is 20.2. The summed E-state index contributed by atoms with van der Waals surface area (Å²) in [5.41, 5.74) is 6.79. The molecule has 2 atom stereocenters. The monoisotopic (exact) mass is 2730 g/mol. The first-order chi connectivity index (χ1) is 62.3. The topological polar surface area (TPSA) is 303 Å². The van der Waals surface area contributed by atoms with Crippen molar-refractivity contribution in [1.29, 1.82) is 21.0 Å². The Morgan fingerprint density at radius 3 is 1.01 bits per heavy atom. The number of aromatic nitrogens is 15. The first kappa shape index (κ1) is 113. The van der Waals surface area contributed by atoms with Crippen LogP contribution in [0, 0.1) is 64.7 Å². The molecule has 0 bridgehead atoms. The minimum Gasteiger partial charge on any atom is -0.266 e. The Labute approximate surface area is 880 Å². The summed E-state index contributed by atoms with van der Waals surface area (Å²) in [6.45, 7) is 3.61. The molecule has 18 rings (SSSR count). The summed E-state index contributed by atoms with van der Waals surface area (Å²) in [5.74, 6) is 0. The van der Waals surface area contributed by atoms with E-state index in [1.807, 2.05) is 84.0 Å². The fraction of sp³-hybridized carbons (Fsp3) is 0.152. The van der Waals surface area contributed by atoms with Crippen molar-refractivity contribution >= 4 is 123 Å². The molecule has 1 aliphatic carbocycles. The fourth-order valence-corrected chi connectivity index (χ4v) is 18.7. The van der Waals surface area contributed by atoms with Crippen molar-refractivity contribution < 1.29 is 139 Å². The van der Waals surface area contributed by atoms with Gasteiger partial charge in [-0.15, -0.1) is 31.5 Å². The molecule has 28 nitrogen and oxygen atoms in total. The smallest absolute Gasteiger partial charge is 0.137 e. The summed E-state index contributed by atoms with van der Waals surface area (Å²) in [6.07, 6.45) is 25.0. The van der Waals surface area contributed by atoms with Gasteiger partial charge >= 0.3 is 59.0 Å². The van der Waals surface area contributed by atoms with Crippen molar-refractivity contribution in [3.8, 4) is 47.0 Å². The molecule has 0 saturated heterocycles. The summed E-state index contributed by atoms with van der Waals surface area (Å²) in [6, 6.07) is 97.6.